The van der Waals surface area contributed by atoms with E-state index in [1.165, 1.54) is 6.92 Å². The van der Waals surface area contributed by atoms with Crippen molar-refractivity contribution in [3.63, 3.8) is 0 Å². The molecule has 0 aromatic heterocycles. The minimum absolute atomic E-state index is 0.0223. The van der Waals surface area contributed by atoms with E-state index < -0.39 is 60.2 Å². The highest BCUT2D eigenvalue weighted by Crippen LogP contribution is 2.06. The van der Waals surface area contributed by atoms with Gasteiger partial charge in [0.2, 0.25) is 23.6 Å². The van der Waals surface area contributed by atoms with Crippen LogP contribution in [-0.2, 0) is 30.4 Å². The number of nitrogens with one attached hydrogen (secondary N) is 3. The number of primary amides is 1. The zero-order valence-electron chi connectivity index (χ0n) is 19.0. The van der Waals surface area contributed by atoms with Gasteiger partial charge in [0, 0.05) is 0 Å². The number of carboxylic acids is 1. The van der Waals surface area contributed by atoms with E-state index in [0.717, 1.165) is 5.56 Å². The third-order valence-corrected chi connectivity index (χ3v) is 4.75. The Kier molecular flexibility index (Phi) is 11.0. The van der Waals surface area contributed by atoms with Crippen molar-refractivity contribution in [1.82, 2.24) is 16.0 Å². The molecule has 4 unspecified atom stereocenters. The molecule has 0 fully saturated rings. The average molecular weight is 464 g/mol. The van der Waals surface area contributed by atoms with E-state index in [9.17, 15) is 29.1 Å². The molecule has 11 nitrogen and oxygen atoms in total. The zero-order valence-corrected chi connectivity index (χ0v) is 19.0. The molecule has 8 N–H and O–H groups in total. The lowest BCUT2D eigenvalue weighted by atomic mass is 10.0. The van der Waals surface area contributed by atoms with Gasteiger partial charge in [-0.15, -0.1) is 0 Å². The molecule has 4 atom stereocenters. The number of amides is 4. The van der Waals surface area contributed by atoms with Crippen molar-refractivity contribution < 1.29 is 29.1 Å². The van der Waals surface area contributed by atoms with Crippen LogP contribution in [0.4, 0.5) is 0 Å². The molecule has 11 heteroatoms. The van der Waals surface area contributed by atoms with Crippen LogP contribution >= 0.6 is 0 Å². The van der Waals surface area contributed by atoms with E-state index in [-0.39, 0.29) is 18.8 Å². The fourth-order valence-electron chi connectivity index (χ4n) is 3.02. The first-order valence-electron chi connectivity index (χ1n) is 10.6. The maximum absolute atomic E-state index is 12.6. The van der Waals surface area contributed by atoms with Crippen LogP contribution in [0.3, 0.4) is 0 Å². The van der Waals surface area contributed by atoms with Gasteiger partial charge in [-0.3, -0.25) is 19.2 Å². The number of carbonyl (C=O) groups is 5. The summed E-state index contributed by atoms with van der Waals surface area (Å²) in [5, 5.41) is 16.4. The minimum Gasteiger partial charge on any atom is -0.480 e. The molecular weight excluding hydrogens is 430 g/mol. The molecule has 33 heavy (non-hydrogen) atoms. The number of carboxylic acid groups (broad SMARTS) is 1. The summed E-state index contributed by atoms with van der Waals surface area (Å²) in [6.45, 7) is 4.97. The topological polar surface area (TPSA) is 194 Å². The Morgan fingerprint density at radius 3 is 1.97 bits per heavy atom. The number of aliphatic carboxylic acids is 1. The number of carbonyl (C=O) groups excluding carboxylic acids is 4. The molecule has 1 aromatic carbocycles. The second-order valence-corrected chi connectivity index (χ2v) is 8.29. The highest BCUT2D eigenvalue weighted by molar-refractivity contribution is 5.95. The summed E-state index contributed by atoms with van der Waals surface area (Å²) in [6.07, 6.45) is -0.121. The van der Waals surface area contributed by atoms with Gasteiger partial charge in [-0.2, -0.15) is 0 Å². The maximum atomic E-state index is 12.6. The summed E-state index contributed by atoms with van der Waals surface area (Å²) in [7, 11) is 0. The van der Waals surface area contributed by atoms with E-state index >= 15 is 0 Å². The second-order valence-electron chi connectivity index (χ2n) is 8.29. The van der Waals surface area contributed by atoms with Crippen LogP contribution in [0.1, 0.15) is 39.2 Å². The molecule has 1 rings (SSSR count). The molecule has 0 spiro atoms. The summed E-state index contributed by atoms with van der Waals surface area (Å²) in [4.78, 5) is 60.2. The fourth-order valence-corrected chi connectivity index (χ4v) is 3.02. The zero-order chi connectivity index (χ0) is 25.1. The van der Waals surface area contributed by atoms with Crippen LogP contribution in [0.5, 0.6) is 0 Å². The molecule has 0 radical (unpaired) electrons. The van der Waals surface area contributed by atoms with Crippen LogP contribution < -0.4 is 27.4 Å². The van der Waals surface area contributed by atoms with Crippen molar-refractivity contribution in [3.05, 3.63) is 35.9 Å². The number of hydrogen-bond donors (Lipinski definition) is 6. The first kappa shape index (κ1) is 27.6. The lowest BCUT2D eigenvalue weighted by Gasteiger charge is -2.23. The van der Waals surface area contributed by atoms with Crippen LogP contribution in [0.15, 0.2) is 30.3 Å². The molecule has 0 bridgehead atoms. The quantitative estimate of drug-likeness (QED) is 0.217. The second kappa shape index (κ2) is 13.2. The Labute approximate surface area is 192 Å². The van der Waals surface area contributed by atoms with E-state index in [2.05, 4.69) is 16.0 Å². The van der Waals surface area contributed by atoms with Gasteiger partial charge in [-0.05, 0) is 31.2 Å². The van der Waals surface area contributed by atoms with Crippen molar-refractivity contribution in [3.8, 4) is 0 Å². The Morgan fingerprint density at radius 2 is 1.45 bits per heavy atom. The molecule has 4 amide bonds. The number of nitrogens with two attached hydrogens (primary N) is 2. The van der Waals surface area contributed by atoms with E-state index in [1.807, 2.05) is 30.3 Å². The smallest absolute Gasteiger partial charge is 0.326 e. The molecule has 0 saturated heterocycles. The van der Waals surface area contributed by atoms with Crippen LogP contribution in [0.25, 0.3) is 0 Å². The Balaban J connectivity index is 2.75. The first-order chi connectivity index (χ1) is 15.4. The molecule has 0 saturated carbocycles. The summed E-state index contributed by atoms with van der Waals surface area (Å²) in [5.41, 5.74) is 11.9. The molecule has 0 aliphatic carbocycles. The molecule has 0 aliphatic heterocycles. The van der Waals surface area contributed by atoms with Crippen molar-refractivity contribution >= 4 is 29.6 Å². The third kappa shape index (κ3) is 10.1. The summed E-state index contributed by atoms with van der Waals surface area (Å²) in [5.74, 6) is -4.32. The highest BCUT2D eigenvalue weighted by atomic mass is 16.4. The van der Waals surface area contributed by atoms with Gasteiger partial charge in [-0.25, -0.2) is 4.79 Å². The fraction of sp³-hybridized carbons (Fsp3) is 0.500. The monoisotopic (exact) mass is 463 g/mol. The van der Waals surface area contributed by atoms with Crippen molar-refractivity contribution in [2.75, 3.05) is 0 Å². The minimum atomic E-state index is -1.40. The molecule has 182 valence electrons. The first-order valence-corrected chi connectivity index (χ1v) is 10.6. The molecule has 1 aromatic rings. The van der Waals surface area contributed by atoms with Gasteiger partial charge < -0.3 is 32.5 Å². The summed E-state index contributed by atoms with van der Waals surface area (Å²) >= 11 is 0. The normalized spacial score (nSPS) is 14.5. The van der Waals surface area contributed by atoms with E-state index in [4.69, 9.17) is 11.5 Å². The standard InChI is InChI=1S/C22H33N5O6/c1-12(2)9-17(22(32)33)27-21(31)16(11-18(24)28)26-19(29)13(3)25-20(30)15(23)10-14-7-5-4-6-8-14/h4-8,12-13,15-17H,9-11,23H2,1-3H3,(H2,24,28)(H,25,30)(H,26,29)(H,27,31)(H,32,33). The predicted molar refractivity (Wildman–Crippen MR) is 120 cm³/mol. The summed E-state index contributed by atoms with van der Waals surface area (Å²) in [6, 6.07) is 4.53. The lowest BCUT2D eigenvalue weighted by molar-refractivity contribution is -0.143. The van der Waals surface area contributed by atoms with E-state index in [0.29, 0.717) is 0 Å². The van der Waals surface area contributed by atoms with Gasteiger partial charge in [-0.1, -0.05) is 44.2 Å². The molecule has 0 aliphatic rings. The average Bonchev–Trinajstić information content (AvgIpc) is 2.72. The summed E-state index contributed by atoms with van der Waals surface area (Å²) < 4.78 is 0. The van der Waals surface area contributed by atoms with Crippen LogP contribution in [0, 0.1) is 5.92 Å². The highest BCUT2D eigenvalue weighted by Gasteiger charge is 2.30. The van der Waals surface area contributed by atoms with E-state index in [1.54, 1.807) is 13.8 Å². The van der Waals surface area contributed by atoms with Gasteiger partial charge in [0.1, 0.15) is 18.1 Å². The Bertz CT molecular complexity index is 845. The third-order valence-electron chi connectivity index (χ3n) is 4.75. The largest absolute Gasteiger partial charge is 0.480 e. The van der Waals surface area contributed by atoms with Crippen LogP contribution in [0.2, 0.25) is 0 Å². The number of rotatable bonds is 13. The number of benzene rings is 1. The Morgan fingerprint density at radius 1 is 0.879 bits per heavy atom. The SMILES string of the molecule is CC(C)CC(NC(=O)C(CC(N)=O)NC(=O)C(C)NC(=O)C(N)Cc1ccccc1)C(=O)O. The van der Waals surface area contributed by atoms with Crippen molar-refractivity contribution in [2.45, 2.75) is 64.2 Å². The van der Waals surface area contributed by atoms with Gasteiger partial charge in [0.25, 0.3) is 0 Å². The lowest BCUT2D eigenvalue weighted by Crippen LogP contribution is -2.57. The molecule has 0 heterocycles. The van der Waals surface area contributed by atoms with Crippen molar-refractivity contribution in [2.24, 2.45) is 17.4 Å². The molecular formula is C22H33N5O6. The number of hydrogen-bond acceptors (Lipinski definition) is 6. The Hall–Kier alpha value is -3.47. The maximum Gasteiger partial charge on any atom is 0.326 e. The van der Waals surface area contributed by atoms with Gasteiger partial charge in [0.15, 0.2) is 0 Å². The predicted octanol–water partition coefficient (Wildman–Crippen LogP) is -0.963. The van der Waals surface area contributed by atoms with Crippen LogP contribution in [-0.4, -0.2) is 58.9 Å². The van der Waals surface area contributed by atoms with Gasteiger partial charge in [0.05, 0.1) is 12.5 Å². The van der Waals surface area contributed by atoms with Crippen molar-refractivity contribution in [1.29, 1.82) is 0 Å². The van der Waals surface area contributed by atoms with Gasteiger partial charge >= 0.3 is 5.97 Å².